The minimum absolute atomic E-state index is 0.00320. The summed E-state index contributed by atoms with van der Waals surface area (Å²) in [6.07, 6.45) is 1.85. The van der Waals surface area contributed by atoms with E-state index in [0.29, 0.717) is 36.9 Å². The zero-order valence-corrected chi connectivity index (χ0v) is 20.6. The third-order valence-corrected chi connectivity index (χ3v) is 8.94. The second kappa shape index (κ2) is 10.3. The number of imidazole rings is 1. The van der Waals surface area contributed by atoms with Gasteiger partial charge in [-0.05, 0) is 48.7 Å². The zero-order valence-electron chi connectivity index (χ0n) is 18.9. The van der Waals surface area contributed by atoms with Crippen molar-refractivity contribution in [3.05, 3.63) is 53.3 Å². The van der Waals surface area contributed by atoms with Crippen LogP contribution in [0.3, 0.4) is 0 Å². The van der Waals surface area contributed by atoms with E-state index in [4.69, 9.17) is 4.74 Å². The van der Waals surface area contributed by atoms with E-state index in [-0.39, 0.29) is 22.3 Å². The molecule has 0 spiro atoms. The van der Waals surface area contributed by atoms with Crippen molar-refractivity contribution in [1.29, 1.82) is 0 Å². The number of halogens is 3. The molecule has 0 aliphatic carbocycles. The molecule has 1 saturated heterocycles. The number of nitrogens with zero attached hydrogens (tertiary/aromatic N) is 3. The van der Waals surface area contributed by atoms with Gasteiger partial charge in [0.2, 0.25) is 10.0 Å². The van der Waals surface area contributed by atoms with E-state index >= 15 is 0 Å². The van der Waals surface area contributed by atoms with Gasteiger partial charge in [-0.25, -0.2) is 26.6 Å². The van der Waals surface area contributed by atoms with Gasteiger partial charge in [-0.2, -0.15) is 4.31 Å². The van der Waals surface area contributed by atoms with Crippen molar-refractivity contribution in [2.45, 2.75) is 55.1 Å². The lowest BCUT2D eigenvalue weighted by Crippen LogP contribution is -2.30. The molecule has 2 aromatic carbocycles. The van der Waals surface area contributed by atoms with Gasteiger partial charge in [0.25, 0.3) is 0 Å². The number of hydrogen-bond donors (Lipinski definition) is 0. The first-order chi connectivity index (χ1) is 16.2. The van der Waals surface area contributed by atoms with Gasteiger partial charge in [0.1, 0.15) is 0 Å². The van der Waals surface area contributed by atoms with Crippen molar-refractivity contribution in [3.63, 3.8) is 0 Å². The smallest absolute Gasteiger partial charge is 0.243 e. The van der Waals surface area contributed by atoms with Crippen molar-refractivity contribution in [1.82, 2.24) is 13.9 Å². The van der Waals surface area contributed by atoms with Crippen LogP contribution in [0.25, 0.3) is 11.0 Å². The largest absolute Gasteiger partial charge is 0.376 e. The first-order valence-electron chi connectivity index (χ1n) is 11.1. The Hall–Kier alpha value is -2.08. The van der Waals surface area contributed by atoms with Crippen molar-refractivity contribution >= 4 is 32.8 Å². The molecule has 1 atom stereocenters. The maximum Gasteiger partial charge on any atom is 0.243 e. The minimum atomic E-state index is -3.65. The molecule has 1 fully saturated rings. The van der Waals surface area contributed by atoms with E-state index in [1.165, 1.54) is 16.1 Å². The first-order valence-corrected chi connectivity index (χ1v) is 13.5. The number of fused-ring (bicyclic) bond motifs is 1. The number of benzene rings is 2. The summed E-state index contributed by atoms with van der Waals surface area (Å²) in [4.78, 5) is 4.80. The van der Waals surface area contributed by atoms with Crippen molar-refractivity contribution in [3.8, 4) is 0 Å². The summed E-state index contributed by atoms with van der Waals surface area (Å²) in [5, 5.41) is 0.563. The lowest BCUT2D eigenvalue weighted by molar-refractivity contribution is 0.0960. The molecule has 1 aliphatic heterocycles. The Labute approximate surface area is 201 Å². The highest BCUT2D eigenvalue weighted by Gasteiger charge is 2.25. The second-order valence-electron chi connectivity index (χ2n) is 8.04. The minimum Gasteiger partial charge on any atom is -0.376 e. The van der Waals surface area contributed by atoms with Crippen molar-refractivity contribution in [2.24, 2.45) is 0 Å². The van der Waals surface area contributed by atoms with Gasteiger partial charge in [0.15, 0.2) is 22.6 Å². The zero-order chi connectivity index (χ0) is 24.5. The van der Waals surface area contributed by atoms with Gasteiger partial charge in [0.05, 0.1) is 28.6 Å². The van der Waals surface area contributed by atoms with Gasteiger partial charge in [-0.3, -0.25) is 0 Å². The van der Waals surface area contributed by atoms with Crippen LogP contribution >= 0.6 is 11.8 Å². The van der Waals surface area contributed by atoms with E-state index in [9.17, 15) is 21.6 Å². The lowest BCUT2D eigenvalue weighted by Gasteiger charge is -2.18. The molecule has 34 heavy (non-hydrogen) atoms. The summed E-state index contributed by atoms with van der Waals surface area (Å²) in [5.41, 5.74) is 1.53. The molecule has 1 unspecified atom stereocenters. The molecule has 4 rings (SSSR count). The maximum absolute atomic E-state index is 13.6. The van der Waals surface area contributed by atoms with E-state index in [2.05, 4.69) is 4.98 Å². The molecule has 6 nitrogen and oxygen atoms in total. The number of thioether (sulfide) groups is 1. The lowest BCUT2D eigenvalue weighted by atomic mass is 10.2. The molecule has 3 aromatic rings. The molecule has 0 N–H and O–H groups in total. The predicted octanol–water partition coefficient (Wildman–Crippen LogP) is 4.96. The fourth-order valence-corrected chi connectivity index (χ4v) is 6.51. The summed E-state index contributed by atoms with van der Waals surface area (Å²) in [7, 11) is -3.65. The fourth-order valence-electron chi connectivity index (χ4n) is 4.08. The van der Waals surface area contributed by atoms with Crippen LogP contribution in [0.1, 0.15) is 32.3 Å². The van der Waals surface area contributed by atoms with Crippen LogP contribution in [0.2, 0.25) is 0 Å². The van der Waals surface area contributed by atoms with Gasteiger partial charge < -0.3 is 9.30 Å². The number of aromatic nitrogens is 2. The second-order valence-corrected chi connectivity index (χ2v) is 10.9. The molecule has 11 heteroatoms. The topological polar surface area (TPSA) is 64.4 Å². The highest BCUT2D eigenvalue weighted by Crippen LogP contribution is 2.31. The van der Waals surface area contributed by atoms with Gasteiger partial charge in [0, 0.05) is 25.4 Å². The average molecular weight is 514 g/mol. The Morgan fingerprint density at radius 1 is 1.15 bits per heavy atom. The maximum atomic E-state index is 13.6. The van der Waals surface area contributed by atoms with Gasteiger partial charge in [-0.15, -0.1) is 0 Å². The summed E-state index contributed by atoms with van der Waals surface area (Å²) >= 11 is 1.24. The number of rotatable bonds is 9. The molecule has 1 aliphatic rings. The average Bonchev–Trinajstić information content (AvgIpc) is 3.44. The summed E-state index contributed by atoms with van der Waals surface area (Å²) in [6, 6.07) is 6.79. The number of sulfonamides is 1. The Morgan fingerprint density at radius 2 is 1.85 bits per heavy atom. The van der Waals surface area contributed by atoms with Crippen LogP contribution in [0.15, 0.2) is 40.4 Å². The van der Waals surface area contributed by atoms with Crippen LogP contribution in [-0.2, 0) is 27.1 Å². The third kappa shape index (κ3) is 4.98. The standard InChI is InChI=1S/C23H26F3N3O3S2/c1-3-28(4-2)34(30,31)17-7-8-21-20(12-17)27-23(29(21)13-16-6-5-9-32-16)33-14-15-10-18(24)22(26)19(25)11-15/h7-8,10-12,16H,3-6,9,13-14H2,1-2H3. The molecular weight excluding hydrogens is 487 g/mol. The van der Waals surface area contributed by atoms with Crippen LogP contribution in [0.5, 0.6) is 0 Å². The Balaban J connectivity index is 1.70. The molecule has 1 aromatic heterocycles. The summed E-state index contributed by atoms with van der Waals surface area (Å²) in [5.74, 6) is -3.82. The molecule has 0 bridgehead atoms. The van der Waals surface area contributed by atoms with E-state index in [1.54, 1.807) is 32.0 Å². The Kier molecular flexibility index (Phi) is 7.56. The quantitative estimate of drug-likeness (QED) is 0.299. The fraction of sp³-hybridized carbons (Fsp3) is 0.435. The Bertz CT molecular complexity index is 1260. The monoisotopic (exact) mass is 513 g/mol. The van der Waals surface area contributed by atoms with E-state index in [0.717, 1.165) is 30.5 Å². The first kappa shape index (κ1) is 25.0. The summed E-state index contributed by atoms with van der Waals surface area (Å²) < 4.78 is 75.6. The number of ether oxygens (including phenoxy) is 1. The van der Waals surface area contributed by atoms with Crippen molar-refractivity contribution in [2.75, 3.05) is 19.7 Å². The predicted molar refractivity (Wildman–Crippen MR) is 125 cm³/mol. The van der Waals surface area contributed by atoms with Crippen LogP contribution in [0.4, 0.5) is 13.2 Å². The molecule has 0 amide bonds. The molecular formula is C23H26F3N3O3S2. The number of hydrogen-bond acceptors (Lipinski definition) is 5. The molecule has 0 saturated carbocycles. The van der Waals surface area contributed by atoms with Crippen molar-refractivity contribution < 1.29 is 26.3 Å². The summed E-state index contributed by atoms with van der Waals surface area (Å²) in [6.45, 7) is 5.48. The van der Waals surface area contributed by atoms with Gasteiger partial charge >= 0.3 is 0 Å². The highest BCUT2D eigenvalue weighted by molar-refractivity contribution is 7.98. The molecule has 2 heterocycles. The third-order valence-electron chi connectivity index (χ3n) is 5.85. The van der Waals surface area contributed by atoms with E-state index < -0.39 is 27.5 Å². The normalized spacial score (nSPS) is 16.7. The van der Waals surface area contributed by atoms with Crippen LogP contribution in [0, 0.1) is 17.5 Å². The van der Waals surface area contributed by atoms with E-state index in [1.807, 2.05) is 4.57 Å². The molecule has 0 radical (unpaired) electrons. The van der Waals surface area contributed by atoms with Crippen LogP contribution < -0.4 is 0 Å². The highest BCUT2D eigenvalue weighted by atomic mass is 32.2. The molecule has 184 valence electrons. The Morgan fingerprint density at radius 3 is 2.47 bits per heavy atom. The van der Waals surface area contributed by atoms with Gasteiger partial charge in [-0.1, -0.05) is 25.6 Å². The SMILES string of the molecule is CCN(CC)S(=O)(=O)c1ccc2c(c1)nc(SCc1cc(F)c(F)c(F)c1)n2CC1CCCO1. The van der Waals surface area contributed by atoms with Crippen LogP contribution in [-0.4, -0.2) is 48.1 Å².